The van der Waals surface area contributed by atoms with E-state index in [9.17, 15) is 9.90 Å². The maximum Gasteiger partial charge on any atom is 0.309 e. The zero-order valence-corrected chi connectivity index (χ0v) is 11.3. The van der Waals surface area contributed by atoms with Crippen molar-refractivity contribution >= 4 is 5.97 Å². The average molecular weight is 250 g/mol. The van der Waals surface area contributed by atoms with Gasteiger partial charge < -0.3 is 9.84 Å². The molecule has 0 bridgehead atoms. The van der Waals surface area contributed by atoms with E-state index < -0.39 is 6.10 Å². The molecule has 4 atom stereocenters. The van der Waals surface area contributed by atoms with Gasteiger partial charge in [0.05, 0.1) is 12.0 Å². The van der Waals surface area contributed by atoms with Crippen LogP contribution in [0.4, 0.5) is 0 Å². The van der Waals surface area contributed by atoms with E-state index in [2.05, 4.69) is 13.0 Å². The standard InChI is InChI=1S/C15H22O3/c1-9-4-6-12-11(3)15(17)18-14(12)8-10(2)13(16)7-5-9/h5,8,11-14,16H,4,6-7H2,1-3H3/b9-5-,10-8-/t11-,12?,13+,14-/m0/s1. The van der Waals surface area contributed by atoms with E-state index in [1.807, 2.05) is 19.9 Å². The van der Waals surface area contributed by atoms with Gasteiger partial charge in [-0.25, -0.2) is 0 Å². The van der Waals surface area contributed by atoms with E-state index in [0.29, 0.717) is 6.42 Å². The number of aliphatic hydroxyl groups is 1. The molecule has 0 spiro atoms. The van der Waals surface area contributed by atoms with Crippen LogP contribution in [-0.4, -0.2) is 23.3 Å². The lowest BCUT2D eigenvalue weighted by Gasteiger charge is -2.20. The minimum absolute atomic E-state index is 0.0385. The summed E-state index contributed by atoms with van der Waals surface area (Å²) in [6, 6.07) is 0. The van der Waals surface area contributed by atoms with Gasteiger partial charge in [-0.15, -0.1) is 0 Å². The number of hydrogen-bond acceptors (Lipinski definition) is 3. The number of fused-ring (bicyclic) bond motifs is 1. The molecule has 1 heterocycles. The van der Waals surface area contributed by atoms with Crippen LogP contribution in [0.25, 0.3) is 0 Å². The number of allylic oxidation sites excluding steroid dienone is 1. The summed E-state index contributed by atoms with van der Waals surface area (Å²) < 4.78 is 5.42. The molecule has 2 aliphatic rings. The molecule has 0 amide bonds. The lowest BCUT2D eigenvalue weighted by atomic mass is 9.84. The van der Waals surface area contributed by atoms with Crippen LogP contribution in [0, 0.1) is 11.8 Å². The molecule has 3 nitrogen and oxygen atoms in total. The molecule has 1 unspecified atom stereocenters. The summed E-state index contributed by atoms with van der Waals surface area (Å²) in [5, 5.41) is 10.0. The van der Waals surface area contributed by atoms with Crippen molar-refractivity contribution in [2.24, 2.45) is 11.8 Å². The number of rotatable bonds is 0. The van der Waals surface area contributed by atoms with Gasteiger partial charge in [0, 0.05) is 5.92 Å². The van der Waals surface area contributed by atoms with Gasteiger partial charge >= 0.3 is 5.97 Å². The van der Waals surface area contributed by atoms with E-state index in [1.165, 1.54) is 5.57 Å². The fourth-order valence-corrected chi connectivity index (χ4v) is 2.73. The van der Waals surface area contributed by atoms with Gasteiger partial charge in [0.25, 0.3) is 0 Å². The molecule has 1 aliphatic carbocycles. The number of carbonyl (C=O) groups is 1. The highest BCUT2D eigenvalue weighted by Crippen LogP contribution is 2.35. The topological polar surface area (TPSA) is 46.5 Å². The second-order valence-corrected chi connectivity index (χ2v) is 5.61. The van der Waals surface area contributed by atoms with E-state index in [0.717, 1.165) is 18.4 Å². The molecule has 18 heavy (non-hydrogen) atoms. The Kier molecular flexibility index (Phi) is 3.91. The first-order valence-corrected chi connectivity index (χ1v) is 6.71. The lowest BCUT2D eigenvalue weighted by Crippen LogP contribution is -2.20. The van der Waals surface area contributed by atoms with Gasteiger partial charge in [0.15, 0.2) is 0 Å². The number of ether oxygens (including phenoxy) is 1. The van der Waals surface area contributed by atoms with E-state index in [1.54, 1.807) is 0 Å². The minimum Gasteiger partial charge on any atom is -0.458 e. The van der Waals surface area contributed by atoms with Crippen LogP contribution in [0.5, 0.6) is 0 Å². The van der Waals surface area contributed by atoms with Gasteiger partial charge in [-0.05, 0) is 44.8 Å². The van der Waals surface area contributed by atoms with Gasteiger partial charge in [0.1, 0.15) is 6.10 Å². The van der Waals surface area contributed by atoms with E-state index >= 15 is 0 Å². The first kappa shape index (κ1) is 13.3. The van der Waals surface area contributed by atoms with Crippen molar-refractivity contribution in [3.63, 3.8) is 0 Å². The molecule has 100 valence electrons. The maximum atomic E-state index is 11.7. The molecular formula is C15H22O3. The minimum atomic E-state index is -0.465. The quantitative estimate of drug-likeness (QED) is 0.531. The zero-order chi connectivity index (χ0) is 13.3. The van der Waals surface area contributed by atoms with Gasteiger partial charge in [-0.2, -0.15) is 0 Å². The highest BCUT2D eigenvalue weighted by Gasteiger charge is 2.40. The first-order chi connectivity index (χ1) is 8.49. The SMILES string of the molecule is C/C1=C/C[C@@H](O)/C(C)=C\[C@@H]2OC(=O)[C@@H](C)C2CC1. The lowest BCUT2D eigenvalue weighted by molar-refractivity contribution is -0.142. The predicted molar refractivity (Wildman–Crippen MR) is 69.9 cm³/mol. The largest absolute Gasteiger partial charge is 0.458 e. The first-order valence-electron chi connectivity index (χ1n) is 6.71. The number of aliphatic hydroxyl groups excluding tert-OH is 1. The van der Waals surface area contributed by atoms with Crippen molar-refractivity contribution in [3.05, 3.63) is 23.3 Å². The van der Waals surface area contributed by atoms with Crippen molar-refractivity contribution in [1.29, 1.82) is 0 Å². The number of carbonyl (C=O) groups excluding carboxylic acids is 1. The smallest absolute Gasteiger partial charge is 0.309 e. The second-order valence-electron chi connectivity index (χ2n) is 5.61. The fraction of sp³-hybridized carbons (Fsp3) is 0.667. The Morgan fingerprint density at radius 3 is 2.83 bits per heavy atom. The van der Waals surface area contributed by atoms with Crippen molar-refractivity contribution in [1.82, 2.24) is 0 Å². The third kappa shape index (κ3) is 2.66. The summed E-state index contributed by atoms with van der Waals surface area (Å²) in [5.74, 6) is 0.0916. The van der Waals surface area contributed by atoms with Crippen LogP contribution in [-0.2, 0) is 9.53 Å². The summed E-state index contributed by atoms with van der Waals surface area (Å²) in [7, 11) is 0. The second kappa shape index (κ2) is 5.27. The molecule has 2 rings (SSSR count). The molecule has 0 aromatic heterocycles. The van der Waals surface area contributed by atoms with Crippen LogP contribution >= 0.6 is 0 Å². The molecule has 1 saturated heterocycles. The Balaban J connectivity index is 2.26. The molecule has 0 aromatic rings. The highest BCUT2D eigenvalue weighted by molar-refractivity contribution is 5.75. The molecule has 0 aromatic carbocycles. The fourth-order valence-electron chi connectivity index (χ4n) is 2.73. The van der Waals surface area contributed by atoms with Crippen LogP contribution < -0.4 is 0 Å². The molecule has 0 saturated carbocycles. The van der Waals surface area contributed by atoms with Gasteiger partial charge in [0.2, 0.25) is 0 Å². The zero-order valence-electron chi connectivity index (χ0n) is 11.3. The average Bonchev–Trinajstić information content (AvgIpc) is 2.59. The van der Waals surface area contributed by atoms with Crippen LogP contribution in [0.2, 0.25) is 0 Å². The third-order valence-electron chi connectivity index (χ3n) is 4.20. The molecule has 1 fully saturated rings. The normalized spacial score (nSPS) is 43.2. The van der Waals surface area contributed by atoms with Crippen LogP contribution in [0.3, 0.4) is 0 Å². The third-order valence-corrected chi connectivity index (χ3v) is 4.20. The Bertz CT molecular complexity index is 395. The Morgan fingerprint density at radius 2 is 2.11 bits per heavy atom. The molecule has 1 aliphatic heterocycles. The number of esters is 1. The van der Waals surface area contributed by atoms with E-state index in [4.69, 9.17) is 4.74 Å². The summed E-state index contributed by atoms with van der Waals surface area (Å²) in [6.07, 6.45) is 6.01. The monoisotopic (exact) mass is 250 g/mol. The van der Waals surface area contributed by atoms with Gasteiger partial charge in [-0.3, -0.25) is 4.79 Å². The Labute approximate surface area is 109 Å². The summed E-state index contributed by atoms with van der Waals surface area (Å²) >= 11 is 0. The maximum absolute atomic E-state index is 11.7. The molecular weight excluding hydrogens is 228 g/mol. The van der Waals surface area contributed by atoms with Gasteiger partial charge in [-0.1, -0.05) is 18.6 Å². The van der Waals surface area contributed by atoms with Crippen molar-refractivity contribution in [3.8, 4) is 0 Å². The molecule has 3 heteroatoms. The summed E-state index contributed by atoms with van der Waals surface area (Å²) in [4.78, 5) is 11.7. The highest BCUT2D eigenvalue weighted by atomic mass is 16.6. The summed E-state index contributed by atoms with van der Waals surface area (Å²) in [5.41, 5.74) is 2.19. The number of hydrogen-bond donors (Lipinski definition) is 1. The van der Waals surface area contributed by atoms with Crippen molar-refractivity contribution in [2.75, 3.05) is 0 Å². The molecule has 1 N–H and O–H groups in total. The van der Waals surface area contributed by atoms with Crippen molar-refractivity contribution in [2.45, 2.75) is 52.2 Å². The molecule has 0 radical (unpaired) electrons. The summed E-state index contributed by atoms with van der Waals surface area (Å²) in [6.45, 7) is 5.94. The Morgan fingerprint density at radius 1 is 1.39 bits per heavy atom. The van der Waals surface area contributed by atoms with E-state index in [-0.39, 0.29) is 23.9 Å². The van der Waals surface area contributed by atoms with Crippen molar-refractivity contribution < 1.29 is 14.6 Å². The Hall–Kier alpha value is -1.09. The van der Waals surface area contributed by atoms with Crippen LogP contribution in [0.1, 0.15) is 40.0 Å². The predicted octanol–water partition coefficient (Wildman–Crippen LogP) is 2.60. The van der Waals surface area contributed by atoms with Crippen LogP contribution in [0.15, 0.2) is 23.3 Å².